The van der Waals surface area contributed by atoms with Crippen molar-refractivity contribution in [2.45, 2.75) is 26.9 Å². The van der Waals surface area contributed by atoms with Gasteiger partial charge in [-0.2, -0.15) is 13.2 Å². The average Bonchev–Trinajstić information content (AvgIpc) is 2.46. The minimum absolute atomic E-state index is 0.00468. The first-order valence-corrected chi connectivity index (χ1v) is 7.07. The predicted octanol–water partition coefficient (Wildman–Crippen LogP) is 4.56. The fraction of sp³-hybridized carbons (Fsp3) is 0.294. The third kappa shape index (κ3) is 3.70. The van der Waals surface area contributed by atoms with Crippen molar-refractivity contribution >= 4 is 5.97 Å². The zero-order valence-corrected chi connectivity index (χ0v) is 13.0. The van der Waals surface area contributed by atoms with Crippen molar-refractivity contribution in [1.82, 2.24) is 4.98 Å². The molecule has 0 radical (unpaired) electrons. The quantitative estimate of drug-likeness (QED) is 0.777. The zero-order valence-electron chi connectivity index (χ0n) is 13.0. The largest absolute Gasteiger partial charge is 0.462 e. The Morgan fingerprint density at radius 2 is 1.78 bits per heavy atom. The van der Waals surface area contributed by atoms with Crippen LogP contribution in [0.5, 0.6) is 0 Å². The van der Waals surface area contributed by atoms with Gasteiger partial charge >= 0.3 is 12.1 Å². The van der Waals surface area contributed by atoms with E-state index >= 15 is 0 Å². The number of aromatic nitrogens is 1. The molecule has 0 aliphatic heterocycles. The minimum Gasteiger partial charge on any atom is -0.462 e. The van der Waals surface area contributed by atoms with Gasteiger partial charge in [-0.05, 0) is 26.8 Å². The highest BCUT2D eigenvalue weighted by molar-refractivity contribution is 5.93. The molecule has 0 amide bonds. The number of nitrogens with zero attached hydrogens (tertiary/aromatic N) is 1. The molecule has 0 spiro atoms. The van der Waals surface area contributed by atoms with Gasteiger partial charge < -0.3 is 4.74 Å². The van der Waals surface area contributed by atoms with Crippen LogP contribution in [0.4, 0.5) is 13.2 Å². The van der Waals surface area contributed by atoms with Crippen LogP contribution in [0.3, 0.4) is 0 Å². The SMILES string of the molecule is CCOC(=O)c1c(C(F)(F)F)cc(-c2ccc(C)cc2)nc1C. The van der Waals surface area contributed by atoms with Gasteiger partial charge in [0.15, 0.2) is 0 Å². The smallest absolute Gasteiger partial charge is 0.417 e. The standard InChI is InChI=1S/C17H16F3NO2/c1-4-23-16(22)15-11(3)21-14(9-13(15)17(18,19)20)12-7-5-10(2)6-8-12/h5-9H,4H2,1-3H3. The lowest BCUT2D eigenvalue weighted by Crippen LogP contribution is -2.18. The Morgan fingerprint density at radius 3 is 2.30 bits per heavy atom. The van der Waals surface area contributed by atoms with Crippen molar-refractivity contribution in [3.8, 4) is 11.3 Å². The molecule has 0 atom stereocenters. The van der Waals surface area contributed by atoms with Gasteiger partial charge in [-0.1, -0.05) is 29.8 Å². The van der Waals surface area contributed by atoms with E-state index in [0.29, 0.717) is 5.56 Å². The van der Waals surface area contributed by atoms with Crippen LogP contribution in [-0.4, -0.2) is 17.6 Å². The highest BCUT2D eigenvalue weighted by Gasteiger charge is 2.37. The van der Waals surface area contributed by atoms with Crippen LogP contribution in [-0.2, 0) is 10.9 Å². The van der Waals surface area contributed by atoms with Gasteiger partial charge in [0, 0.05) is 5.56 Å². The fourth-order valence-corrected chi connectivity index (χ4v) is 2.23. The number of rotatable bonds is 3. The Bertz CT molecular complexity index is 722. The molecular weight excluding hydrogens is 307 g/mol. The summed E-state index contributed by atoms with van der Waals surface area (Å²) in [4.78, 5) is 16.0. The number of pyridine rings is 1. The molecule has 0 N–H and O–H groups in total. The Morgan fingerprint density at radius 1 is 1.17 bits per heavy atom. The number of carbonyl (C=O) groups excluding carboxylic acids is 1. The van der Waals surface area contributed by atoms with Crippen LogP contribution in [0.1, 0.15) is 34.1 Å². The van der Waals surface area contributed by atoms with E-state index in [0.717, 1.165) is 11.6 Å². The molecule has 3 nitrogen and oxygen atoms in total. The second kappa shape index (κ2) is 6.40. The highest BCUT2D eigenvalue weighted by Crippen LogP contribution is 2.35. The van der Waals surface area contributed by atoms with Crippen LogP contribution >= 0.6 is 0 Å². The van der Waals surface area contributed by atoms with Gasteiger partial charge in [0.25, 0.3) is 0 Å². The molecule has 0 aliphatic rings. The molecule has 0 aliphatic carbocycles. The van der Waals surface area contributed by atoms with Crippen LogP contribution < -0.4 is 0 Å². The minimum atomic E-state index is -4.67. The molecule has 23 heavy (non-hydrogen) atoms. The Hall–Kier alpha value is -2.37. The summed E-state index contributed by atoms with van der Waals surface area (Å²) in [5, 5.41) is 0. The number of alkyl halides is 3. The first-order chi connectivity index (χ1) is 10.7. The monoisotopic (exact) mass is 323 g/mol. The van der Waals surface area contributed by atoms with E-state index in [-0.39, 0.29) is 18.0 Å². The maximum atomic E-state index is 13.4. The Balaban J connectivity index is 2.63. The summed E-state index contributed by atoms with van der Waals surface area (Å²) in [6.07, 6.45) is -4.67. The fourth-order valence-electron chi connectivity index (χ4n) is 2.23. The number of aryl methyl sites for hydroxylation is 2. The van der Waals surface area contributed by atoms with Gasteiger partial charge in [-0.15, -0.1) is 0 Å². The molecule has 122 valence electrons. The number of carbonyl (C=O) groups is 1. The summed E-state index contributed by atoms with van der Waals surface area (Å²) in [5.74, 6) is -1.01. The first-order valence-electron chi connectivity index (χ1n) is 7.07. The third-order valence-corrected chi connectivity index (χ3v) is 3.33. The van der Waals surface area contributed by atoms with Crippen molar-refractivity contribution in [2.24, 2.45) is 0 Å². The second-order valence-electron chi connectivity index (χ2n) is 5.10. The number of hydrogen-bond acceptors (Lipinski definition) is 3. The van der Waals surface area contributed by atoms with Crippen molar-refractivity contribution in [2.75, 3.05) is 6.61 Å². The van der Waals surface area contributed by atoms with Gasteiger partial charge in [0.1, 0.15) is 0 Å². The van der Waals surface area contributed by atoms with Gasteiger partial charge in [0.2, 0.25) is 0 Å². The number of benzene rings is 1. The average molecular weight is 323 g/mol. The van der Waals surface area contributed by atoms with E-state index in [9.17, 15) is 18.0 Å². The van der Waals surface area contributed by atoms with Crippen LogP contribution in [0.2, 0.25) is 0 Å². The van der Waals surface area contributed by atoms with E-state index in [1.807, 2.05) is 6.92 Å². The molecule has 2 rings (SSSR count). The van der Waals surface area contributed by atoms with E-state index in [1.54, 1.807) is 24.3 Å². The maximum Gasteiger partial charge on any atom is 0.417 e. The van der Waals surface area contributed by atoms with Crippen molar-refractivity contribution in [3.05, 3.63) is 52.7 Å². The van der Waals surface area contributed by atoms with Gasteiger partial charge in [-0.25, -0.2) is 4.79 Å². The zero-order chi connectivity index (χ0) is 17.2. The molecule has 0 bridgehead atoms. The number of ether oxygens (including phenoxy) is 1. The van der Waals surface area contributed by atoms with E-state index in [2.05, 4.69) is 4.98 Å². The molecule has 6 heteroatoms. The summed E-state index contributed by atoms with van der Waals surface area (Å²) in [6, 6.07) is 7.87. The Labute approximate surface area is 132 Å². The van der Waals surface area contributed by atoms with Gasteiger partial charge in [0.05, 0.1) is 29.1 Å². The molecule has 0 saturated carbocycles. The van der Waals surface area contributed by atoms with Crippen LogP contribution in [0, 0.1) is 13.8 Å². The third-order valence-electron chi connectivity index (χ3n) is 3.33. The lowest BCUT2D eigenvalue weighted by Gasteiger charge is -2.16. The van der Waals surface area contributed by atoms with Crippen LogP contribution in [0.25, 0.3) is 11.3 Å². The van der Waals surface area contributed by atoms with E-state index in [1.165, 1.54) is 13.8 Å². The first kappa shape index (κ1) is 17.0. The topological polar surface area (TPSA) is 39.2 Å². The molecular formula is C17H16F3NO2. The van der Waals surface area contributed by atoms with Gasteiger partial charge in [-0.3, -0.25) is 4.98 Å². The summed E-state index contributed by atoms with van der Waals surface area (Å²) < 4.78 is 44.8. The molecule has 0 saturated heterocycles. The number of hydrogen-bond donors (Lipinski definition) is 0. The molecule has 0 fully saturated rings. The summed E-state index contributed by atoms with van der Waals surface area (Å²) in [7, 11) is 0. The normalized spacial score (nSPS) is 11.4. The molecule has 1 aromatic carbocycles. The molecule has 0 unspecified atom stereocenters. The number of esters is 1. The number of halogens is 3. The Kier molecular flexibility index (Phi) is 4.73. The lowest BCUT2D eigenvalue weighted by molar-refractivity contribution is -0.138. The maximum absolute atomic E-state index is 13.4. The van der Waals surface area contributed by atoms with Crippen molar-refractivity contribution in [3.63, 3.8) is 0 Å². The molecule has 2 aromatic rings. The van der Waals surface area contributed by atoms with Crippen molar-refractivity contribution < 1.29 is 22.7 Å². The summed E-state index contributed by atoms with van der Waals surface area (Å²) in [5.41, 5.74) is 0.148. The molecule has 1 aromatic heterocycles. The summed E-state index contributed by atoms with van der Waals surface area (Å²) in [6.45, 7) is 4.79. The highest BCUT2D eigenvalue weighted by atomic mass is 19.4. The van der Waals surface area contributed by atoms with Crippen molar-refractivity contribution in [1.29, 1.82) is 0 Å². The van der Waals surface area contributed by atoms with Crippen LogP contribution in [0.15, 0.2) is 30.3 Å². The van der Waals surface area contributed by atoms with E-state index in [4.69, 9.17) is 4.74 Å². The lowest BCUT2D eigenvalue weighted by atomic mass is 10.0. The predicted molar refractivity (Wildman–Crippen MR) is 80.1 cm³/mol. The molecule has 1 heterocycles. The summed E-state index contributed by atoms with van der Waals surface area (Å²) >= 11 is 0. The second-order valence-corrected chi connectivity index (χ2v) is 5.10. The van der Waals surface area contributed by atoms with E-state index < -0.39 is 23.3 Å².